The van der Waals surface area contributed by atoms with E-state index in [9.17, 15) is 0 Å². The molecular weight excluding hydrogens is 302 g/mol. The highest BCUT2D eigenvalue weighted by atomic mass is 35.5. The zero-order valence-corrected chi connectivity index (χ0v) is 14.9. The van der Waals surface area contributed by atoms with Crippen LogP contribution in [0.3, 0.4) is 0 Å². The van der Waals surface area contributed by atoms with E-state index in [0.717, 1.165) is 12.3 Å². The summed E-state index contributed by atoms with van der Waals surface area (Å²) in [4.78, 5) is 1.75. The molecule has 0 radical (unpaired) electrons. The highest BCUT2D eigenvalue weighted by Crippen LogP contribution is 2.17. The number of aryl methyl sites for hydroxylation is 1. The van der Waals surface area contributed by atoms with Crippen molar-refractivity contribution in [1.82, 2.24) is 0 Å². The maximum Gasteiger partial charge on any atom is 0.103 e. The van der Waals surface area contributed by atoms with Crippen LogP contribution in [0.4, 0.5) is 0 Å². The van der Waals surface area contributed by atoms with Crippen LogP contribution in [-0.4, -0.2) is 13.1 Å². The standard InChI is InChI=1S/C21H27N.ClH/c1-2-18-8-10-19(11-9-18)16-20-12-14-22(15-13-20)17-21-6-4-3-5-7-21;/h3-11,20H,2,12-17H2,1H3;1H. The molecule has 1 fully saturated rings. The molecule has 0 aliphatic carbocycles. The maximum atomic E-state index is 2.34. The fraction of sp³-hybridized carbons (Fsp3) is 0.429. The Kier molecular flexibility index (Phi) is 7.14. The number of halogens is 1. The molecule has 1 heterocycles. The Bertz CT molecular complexity index is 556. The van der Waals surface area contributed by atoms with Crippen LogP contribution in [0.5, 0.6) is 0 Å². The highest BCUT2D eigenvalue weighted by molar-refractivity contribution is 5.22. The van der Waals surface area contributed by atoms with E-state index < -0.39 is 0 Å². The lowest BCUT2D eigenvalue weighted by Gasteiger charge is -2.29. The van der Waals surface area contributed by atoms with E-state index in [0.29, 0.717) is 0 Å². The summed E-state index contributed by atoms with van der Waals surface area (Å²) in [5, 5.41) is 0. The monoisotopic (exact) mass is 329 g/mol. The third-order valence-corrected chi connectivity index (χ3v) is 5.06. The minimum atomic E-state index is 0. The summed E-state index contributed by atoms with van der Waals surface area (Å²) < 4.78 is 0. The van der Waals surface area contributed by atoms with E-state index in [1.54, 1.807) is 4.90 Å². The molecule has 0 amide bonds. The van der Waals surface area contributed by atoms with Crippen molar-refractivity contribution in [2.24, 2.45) is 5.92 Å². The Morgan fingerprint density at radius 1 is 0.826 bits per heavy atom. The van der Waals surface area contributed by atoms with Crippen molar-refractivity contribution in [2.45, 2.75) is 39.2 Å². The number of quaternary nitrogens is 1. The molecule has 0 saturated carbocycles. The van der Waals surface area contributed by atoms with Crippen LogP contribution in [0, 0.1) is 5.92 Å². The van der Waals surface area contributed by atoms with Gasteiger partial charge in [0.2, 0.25) is 0 Å². The second-order valence-corrected chi connectivity index (χ2v) is 6.73. The second-order valence-electron chi connectivity index (χ2n) is 6.73. The molecule has 2 aromatic carbocycles. The normalized spacial score (nSPS) is 20.7. The molecule has 2 heteroatoms. The topological polar surface area (TPSA) is 4.44 Å². The number of likely N-dealkylation sites (tertiary alicyclic amines) is 1. The first-order chi connectivity index (χ1) is 10.8. The molecule has 1 aliphatic heterocycles. The quantitative estimate of drug-likeness (QED) is 0.804. The van der Waals surface area contributed by atoms with Gasteiger partial charge in [-0.15, -0.1) is 0 Å². The highest BCUT2D eigenvalue weighted by Gasteiger charge is 2.22. The molecule has 0 atom stereocenters. The Balaban J connectivity index is 0.00000192. The van der Waals surface area contributed by atoms with Gasteiger partial charge in [0.1, 0.15) is 6.54 Å². The lowest BCUT2D eigenvalue weighted by atomic mass is 9.89. The molecule has 2 aromatic rings. The van der Waals surface area contributed by atoms with Crippen molar-refractivity contribution < 1.29 is 17.3 Å². The molecule has 23 heavy (non-hydrogen) atoms. The molecule has 1 saturated heterocycles. The van der Waals surface area contributed by atoms with E-state index >= 15 is 0 Å². The summed E-state index contributed by atoms with van der Waals surface area (Å²) in [5.41, 5.74) is 4.45. The number of nitrogens with one attached hydrogen (secondary N) is 1. The van der Waals surface area contributed by atoms with Crippen LogP contribution < -0.4 is 17.3 Å². The Morgan fingerprint density at radius 2 is 1.43 bits per heavy atom. The molecule has 3 rings (SSSR count). The summed E-state index contributed by atoms with van der Waals surface area (Å²) in [6.07, 6.45) is 5.15. The first-order valence-electron chi connectivity index (χ1n) is 8.79. The third-order valence-electron chi connectivity index (χ3n) is 5.06. The number of hydrogen-bond donors (Lipinski definition) is 1. The van der Waals surface area contributed by atoms with Gasteiger partial charge in [0, 0.05) is 5.56 Å². The predicted octanol–water partition coefficient (Wildman–Crippen LogP) is 0.291. The van der Waals surface area contributed by atoms with Crippen LogP contribution >= 0.6 is 0 Å². The molecule has 124 valence electrons. The first kappa shape index (κ1) is 18.0. The lowest BCUT2D eigenvalue weighted by Crippen LogP contribution is -3.11. The van der Waals surface area contributed by atoms with Crippen molar-refractivity contribution >= 4 is 0 Å². The SMILES string of the molecule is CCc1ccc(CC2CC[NH+](Cc3ccccc3)CC2)cc1.[Cl-]. The average Bonchev–Trinajstić information content (AvgIpc) is 2.58. The second kappa shape index (κ2) is 9.10. The van der Waals surface area contributed by atoms with Gasteiger partial charge in [-0.2, -0.15) is 0 Å². The molecule has 0 unspecified atom stereocenters. The van der Waals surface area contributed by atoms with Crippen molar-refractivity contribution in [1.29, 1.82) is 0 Å². The zero-order valence-electron chi connectivity index (χ0n) is 14.1. The van der Waals surface area contributed by atoms with Gasteiger partial charge in [0.25, 0.3) is 0 Å². The molecule has 1 aliphatic rings. The smallest absolute Gasteiger partial charge is 0.103 e. The van der Waals surface area contributed by atoms with Crippen molar-refractivity contribution in [3.63, 3.8) is 0 Å². The van der Waals surface area contributed by atoms with E-state index in [4.69, 9.17) is 0 Å². The van der Waals surface area contributed by atoms with Gasteiger partial charge < -0.3 is 17.3 Å². The van der Waals surface area contributed by atoms with Crippen LogP contribution in [0.15, 0.2) is 54.6 Å². The first-order valence-corrected chi connectivity index (χ1v) is 8.79. The van der Waals surface area contributed by atoms with Gasteiger partial charge in [-0.25, -0.2) is 0 Å². The summed E-state index contributed by atoms with van der Waals surface area (Å²) in [6, 6.07) is 20.2. The van der Waals surface area contributed by atoms with Gasteiger partial charge in [-0.1, -0.05) is 61.5 Å². The maximum absolute atomic E-state index is 2.34. The third kappa shape index (κ3) is 5.37. The Labute approximate surface area is 147 Å². The van der Waals surface area contributed by atoms with Gasteiger partial charge in [0.05, 0.1) is 13.1 Å². The van der Waals surface area contributed by atoms with E-state index in [-0.39, 0.29) is 12.4 Å². The Morgan fingerprint density at radius 3 is 2.04 bits per heavy atom. The van der Waals surface area contributed by atoms with Gasteiger partial charge in [0.15, 0.2) is 0 Å². The minimum absolute atomic E-state index is 0. The number of hydrogen-bond acceptors (Lipinski definition) is 0. The number of piperidine rings is 1. The number of benzene rings is 2. The van der Waals surface area contributed by atoms with E-state index in [1.165, 1.54) is 55.6 Å². The van der Waals surface area contributed by atoms with E-state index in [1.807, 2.05) is 0 Å². The summed E-state index contributed by atoms with van der Waals surface area (Å²) in [5.74, 6) is 0.881. The molecule has 0 aromatic heterocycles. The minimum Gasteiger partial charge on any atom is -1.00 e. The van der Waals surface area contributed by atoms with Crippen LogP contribution in [0.2, 0.25) is 0 Å². The van der Waals surface area contributed by atoms with Crippen molar-refractivity contribution in [3.05, 3.63) is 71.3 Å². The van der Waals surface area contributed by atoms with Crippen LogP contribution in [-0.2, 0) is 19.4 Å². The summed E-state index contributed by atoms with van der Waals surface area (Å²) in [7, 11) is 0. The molecule has 0 bridgehead atoms. The van der Waals surface area contributed by atoms with Crippen molar-refractivity contribution in [3.8, 4) is 0 Å². The molecule has 1 N–H and O–H groups in total. The number of rotatable bonds is 5. The van der Waals surface area contributed by atoms with Crippen molar-refractivity contribution in [2.75, 3.05) is 13.1 Å². The zero-order chi connectivity index (χ0) is 15.2. The van der Waals surface area contributed by atoms with Crippen LogP contribution in [0.25, 0.3) is 0 Å². The molecule has 1 nitrogen and oxygen atoms in total. The molecular formula is C21H28ClN. The lowest BCUT2D eigenvalue weighted by molar-refractivity contribution is -0.919. The largest absolute Gasteiger partial charge is 1.00 e. The van der Waals surface area contributed by atoms with Gasteiger partial charge >= 0.3 is 0 Å². The molecule has 0 spiro atoms. The van der Waals surface area contributed by atoms with Gasteiger partial charge in [-0.05, 0) is 42.7 Å². The average molecular weight is 330 g/mol. The van der Waals surface area contributed by atoms with Crippen LogP contribution in [0.1, 0.15) is 36.5 Å². The fourth-order valence-corrected chi connectivity index (χ4v) is 3.60. The van der Waals surface area contributed by atoms with E-state index in [2.05, 4.69) is 61.5 Å². The summed E-state index contributed by atoms with van der Waals surface area (Å²) >= 11 is 0. The van der Waals surface area contributed by atoms with Gasteiger partial charge in [-0.3, -0.25) is 0 Å². The summed E-state index contributed by atoms with van der Waals surface area (Å²) in [6.45, 7) is 6.07. The predicted molar refractivity (Wildman–Crippen MR) is 93.1 cm³/mol. The fourth-order valence-electron chi connectivity index (χ4n) is 3.60. The Hall–Kier alpha value is -1.31.